The Labute approximate surface area is 134 Å². The van der Waals surface area contributed by atoms with Crippen molar-refractivity contribution in [1.82, 2.24) is 0 Å². The number of aliphatic hydroxyl groups is 2. The monoisotopic (exact) mass is 336 g/mol. The molecule has 0 aliphatic rings. The highest BCUT2D eigenvalue weighted by atomic mass is 32.2. The second-order valence-electron chi connectivity index (χ2n) is 5.08. The van der Waals surface area contributed by atoms with Crippen LogP contribution >= 0.6 is 0 Å². The van der Waals surface area contributed by atoms with Gasteiger partial charge in [-0.1, -0.05) is 24.3 Å². The highest BCUT2D eigenvalue weighted by molar-refractivity contribution is 7.90. The summed E-state index contributed by atoms with van der Waals surface area (Å²) in [4.78, 5) is 0.172. The Kier molecular flexibility index (Phi) is 5.30. The van der Waals surface area contributed by atoms with Crippen molar-refractivity contribution in [2.24, 2.45) is 0 Å². The van der Waals surface area contributed by atoms with Crippen LogP contribution in [0.4, 0.5) is 4.39 Å². The number of aliphatic hydroxyl groups excluding tert-OH is 2. The van der Waals surface area contributed by atoms with Crippen molar-refractivity contribution in [2.45, 2.75) is 4.90 Å². The van der Waals surface area contributed by atoms with Gasteiger partial charge in [-0.2, -0.15) is 0 Å². The van der Waals surface area contributed by atoms with Crippen LogP contribution in [0.2, 0.25) is 0 Å². The molecule has 0 aliphatic carbocycles. The second kappa shape index (κ2) is 7.04. The molecule has 0 fully saturated rings. The van der Waals surface area contributed by atoms with Crippen LogP contribution in [0.1, 0.15) is 11.1 Å². The summed E-state index contributed by atoms with van der Waals surface area (Å²) in [7, 11) is -3.30. The fraction of sp³-hybridized carbons (Fsp3) is 0.176. The summed E-state index contributed by atoms with van der Waals surface area (Å²) < 4.78 is 36.0. The lowest BCUT2D eigenvalue weighted by atomic mass is 9.95. The molecule has 2 aromatic rings. The first-order valence-corrected chi connectivity index (χ1v) is 8.76. The highest BCUT2D eigenvalue weighted by Crippen LogP contribution is 2.27. The number of hydrogen-bond donors (Lipinski definition) is 2. The Morgan fingerprint density at radius 3 is 1.61 bits per heavy atom. The zero-order valence-corrected chi connectivity index (χ0v) is 13.3. The lowest BCUT2D eigenvalue weighted by Crippen LogP contribution is -2.02. The number of benzene rings is 2. The molecule has 0 heterocycles. The summed E-state index contributed by atoms with van der Waals surface area (Å²) in [6.07, 6.45) is 1.11. The van der Waals surface area contributed by atoms with Crippen molar-refractivity contribution >= 4 is 21.0 Å². The van der Waals surface area contributed by atoms with Crippen molar-refractivity contribution in [3.05, 3.63) is 65.5 Å². The molecule has 0 saturated heterocycles. The van der Waals surface area contributed by atoms with Gasteiger partial charge in [0.05, 0.1) is 18.1 Å². The normalized spacial score (nSPS) is 12.9. The van der Waals surface area contributed by atoms with E-state index in [1.165, 1.54) is 36.4 Å². The zero-order valence-electron chi connectivity index (χ0n) is 12.5. The predicted octanol–water partition coefficient (Wildman–Crippen LogP) is 2.12. The minimum absolute atomic E-state index is 0.172. The van der Waals surface area contributed by atoms with Gasteiger partial charge in [-0.3, -0.25) is 0 Å². The highest BCUT2D eigenvalue weighted by Gasteiger charge is 2.12. The summed E-state index contributed by atoms with van der Waals surface area (Å²) in [5.74, 6) is -0.394. The smallest absolute Gasteiger partial charge is 0.175 e. The molecule has 2 N–H and O–H groups in total. The second-order valence-corrected chi connectivity index (χ2v) is 7.09. The predicted molar refractivity (Wildman–Crippen MR) is 86.9 cm³/mol. The van der Waals surface area contributed by atoms with Gasteiger partial charge in [-0.05, 0) is 46.5 Å². The van der Waals surface area contributed by atoms with E-state index in [4.69, 9.17) is 0 Å². The molecule has 2 rings (SSSR count). The van der Waals surface area contributed by atoms with Gasteiger partial charge >= 0.3 is 0 Å². The van der Waals surface area contributed by atoms with Crippen LogP contribution in [0.25, 0.3) is 11.1 Å². The van der Waals surface area contributed by atoms with Crippen molar-refractivity contribution in [3.63, 3.8) is 0 Å². The van der Waals surface area contributed by atoms with Gasteiger partial charge in [0.2, 0.25) is 0 Å². The molecule has 0 atom stereocenters. The van der Waals surface area contributed by atoms with Gasteiger partial charge in [0.25, 0.3) is 0 Å². The van der Waals surface area contributed by atoms with Crippen LogP contribution in [0.5, 0.6) is 0 Å². The quantitative estimate of drug-likeness (QED) is 0.820. The molecule has 4 nitrogen and oxygen atoms in total. The maximum Gasteiger partial charge on any atom is 0.175 e. The Morgan fingerprint density at radius 1 is 0.870 bits per heavy atom. The molecule has 0 radical (unpaired) electrons. The van der Waals surface area contributed by atoms with Crippen molar-refractivity contribution in [1.29, 1.82) is 0 Å². The SMILES string of the molecule is CS(=O)(=O)c1ccc(C(CO)=C(CO)c2ccc(F)cc2)cc1. The van der Waals surface area contributed by atoms with Gasteiger partial charge in [-0.15, -0.1) is 0 Å². The Morgan fingerprint density at radius 2 is 1.26 bits per heavy atom. The standard InChI is InChI=1S/C17H17FO4S/c1-23(21,22)15-8-4-13(5-9-15)17(11-20)16(10-19)12-2-6-14(18)7-3-12/h2-9,19-20H,10-11H2,1H3. The first-order valence-electron chi connectivity index (χ1n) is 6.87. The van der Waals surface area contributed by atoms with Crippen LogP contribution in [0, 0.1) is 5.82 Å². The molecule has 0 spiro atoms. The lowest BCUT2D eigenvalue weighted by Gasteiger charge is -2.13. The van der Waals surface area contributed by atoms with E-state index in [1.54, 1.807) is 12.1 Å². The Bertz CT molecular complexity index is 807. The molecule has 0 amide bonds. The maximum atomic E-state index is 13.0. The summed E-state index contributed by atoms with van der Waals surface area (Å²) in [5.41, 5.74) is 2.09. The van der Waals surface area contributed by atoms with Gasteiger partial charge in [0, 0.05) is 6.26 Å². The molecule has 122 valence electrons. The Hall–Kier alpha value is -2.02. The molecule has 0 saturated carbocycles. The average Bonchev–Trinajstić information content (AvgIpc) is 2.53. The van der Waals surface area contributed by atoms with Crippen molar-refractivity contribution in [2.75, 3.05) is 19.5 Å². The molecule has 0 aliphatic heterocycles. The van der Waals surface area contributed by atoms with Crippen LogP contribution in [-0.2, 0) is 9.84 Å². The number of hydrogen-bond acceptors (Lipinski definition) is 4. The van der Waals surface area contributed by atoms with Crippen LogP contribution < -0.4 is 0 Å². The van der Waals surface area contributed by atoms with E-state index in [0.717, 1.165) is 6.26 Å². The third-order valence-corrected chi connectivity index (χ3v) is 4.63. The van der Waals surface area contributed by atoms with E-state index in [9.17, 15) is 23.0 Å². The van der Waals surface area contributed by atoms with Gasteiger partial charge in [0.1, 0.15) is 5.82 Å². The minimum Gasteiger partial charge on any atom is -0.392 e. The molecule has 0 bridgehead atoms. The minimum atomic E-state index is -3.30. The third kappa shape index (κ3) is 4.04. The molecular formula is C17H17FO4S. The summed E-state index contributed by atoms with van der Waals surface area (Å²) in [6, 6.07) is 11.6. The topological polar surface area (TPSA) is 74.6 Å². The van der Waals surface area contributed by atoms with Gasteiger partial charge in [0.15, 0.2) is 9.84 Å². The summed E-state index contributed by atoms with van der Waals surface area (Å²) >= 11 is 0. The first kappa shape index (κ1) is 17.3. The molecule has 6 heteroatoms. The average molecular weight is 336 g/mol. The van der Waals surface area contributed by atoms with Crippen LogP contribution in [-0.4, -0.2) is 38.1 Å². The van der Waals surface area contributed by atoms with Gasteiger partial charge in [-0.25, -0.2) is 12.8 Å². The fourth-order valence-electron chi connectivity index (χ4n) is 2.28. The summed E-state index contributed by atoms with van der Waals surface area (Å²) in [5, 5.41) is 19.3. The maximum absolute atomic E-state index is 13.0. The Balaban J connectivity index is 2.53. The number of sulfone groups is 1. The van der Waals surface area contributed by atoms with E-state index in [2.05, 4.69) is 0 Å². The van der Waals surface area contributed by atoms with Crippen molar-refractivity contribution in [3.8, 4) is 0 Å². The van der Waals surface area contributed by atoms with Crippen LogP contribution in [0.15, 0.2) is 53.4 Å². The molecule has 0 aromatic heterocycles. The number of halogens is 1. The fourth-order valence-corrected chi connectivity index (χ4v) is 2.91. The summed E-state index contributed by atoms with van der Waals surface area (Å²) in [6.45, 7) is -0.680. The zero-order chi connectivity index (χ0) is 17.0. The first-order chi connectivity index (χ1) is 10.9. The third-order valence-electron chi connectivity index (χ3n) is 3.50. The largest absolute Gasteiger partial charge is 0.392 e. The number of rotatable bonds is 5. The molecule has 0 unspecified atom stereocenters. The molecule has 23 heavy (non-hydrogen) atoms. The van der Waals surface area contributed by atoms with E-state index < -0.39 is 15.7 Å². The van der Waals surface area contributed by atoms with E-state index >= 15 is 0 Å². The van der Waals surface area contributed by atoms with E-state index in [-0.39, 0.29) is 18.1 Å². The van der Waals surface area contributed by atoms with Crippen LogP contribution in [0.3, 0.4) is 0 Å². The van der Waals surface area contributed by atoms with Crippen molar-refractivity contribution < 1.29 is 23.0 Å². The van der Waals surface area contributed by atoms with E-state index in [1.807, 2.05) is 0 Å². The van der Waals surface area contributed by atoms with E-state index in [0.29, 0.717) is 22.3 Å². The molecule has 2 aromatic carbocycles. The molecular weight excluding hydrogens is 319 g/mol. The van der Waals surface area contributed by atoms with Gasteiger partial charge < -0.3 is 10.2 Å². The lowest BCUT2D eigenvalue weighted by molar-refractivity contribution is 0.340.